The summed E-state index contributed by atoms with van der Waals surface area (Å²) in [6.07, 6.45) is 6.74. The van der Waals surface area contributed by atoms with Gasteiger partial charge in [0, 0.05) is 33.1 Å². The lowest BCUT2D eigenvalue weighted by Crippen LogP contribution is -2.67. The number of thiophene rings is 1. The largest absolute Gasteiger partial charge is 0.573 e. The average molecular weight is 704 g/mol. The molecular formula is C40H40F3NO5S. The zero-order valence-corrected chi connectivity index (χ0v) is 28.9. The zero-order chi connectivity index (χ0) is 34.9. The van der Waals surface area contributed by atoms with Crippen LogP contribution in [0.15, 0.2) is 78.4 Å². The highest BCUT2D eigenvalue weighted by Gasteiger charge is 2.76. The van der Waals surface area contributed by atoms with E-state index in [1.807, 2.05) is 24.3 Å². The van der Waals surface area contributed by atoms with Crippen molar-refractivity contribution in [1.29, 1.82) is 0 Å². The number of alkyl halides is 3. The summed E-state index contributed by atoms with van der Waals surface area (Å²) in [7, 11) is 0. The van der Waals surface area contributed by atoms with E-state index in [2.05, 4.69) is 42.9 Å². The van der Waals surface area contributed by atoms with Gasteiger partial charge in [0.1, 0.15) is 11.4 Å². The smallest absolute Gasteiger partial charge is 0.440 e. The summed E-state index contributed by atoms with van der Waals surface area (Å²) in [6, 6.07) is 15.7. The lowest BCUT2D eigenvalue weighted by Gasteiger charge is -2.71. The maximum Gasteiger partial charge on any atom is 0.573 e. The van der Waals surface area contributed by atoms with Crippen LogP contribution in [0.4, 0.5) is 18.0 Å². The number of fused-ring (bicyclic) bond motifs is 3. The van der Waals surface area contributed by atoms with Crippen molar-refractivity contribution in [2.45, 2.75) is 83.4 Å². The molecule has 2 bridgehead atoms. The first-order valence-electron chi connectivity index (χ1n) is 17.7. The number of Topliss-reactive ketones (excluding diaryl/α,β-unsaturated/α-hetero) is 1. The highest BCUT2D eigenvalue weighted by molar-refractivity contribution is 7.21. The first kappa shape index (κ1) is 32.3. The van der Waals surface area contributed by atoms with Gasteiger partial charge >= 0.3 is 12.5 Å². The summed E-state index contributed by atoms with van der Waals surface area (Å²) in [6.45, 7) is 5.23. The molecular weight excluding hydrogens is 664 g/mol. The molecule has 1 aromatic heterocycles. The van der Waals surface area contributed by atoms with Gasteiger partial charge in [0.05, 0.1) is 17.5 Å². The summed E-state index contributed by atoms with van der Waals surface area (Å²) >= 11 is 1.53. The normalized spacial score (nSPS) is 38.5. The molecule has 3 aromatic rings. The Kier molecular flexibility index (Phi) is 6.76. The van der Waals surface area contributed by atoms with E-state index in [0.717, 1.165) is 52.6 Å². The summed E-state index contributed by atoms with van der Waals surface area (Å²) in [5.41, 5.74) is -0.730. The molecule has 3 spiro atoms. The van der Waals surface area contributed by atoms with Crippen LogP contribution in [0.1, 0.15) is 74.0 Å². The van der Waals surface area contributed by atoms with Gasteiger partial charge in [-0.3, -0.25) is 9.69 Å². The van der Waals surface area contributed by atoms with Crippen molar-refractivity contribution in [3.63, 3.8) is 0 Å². The van der Waals surface area contributed by atoms with E-state index in [1.54, 1.807) is 17.0 Å². The van der Waals surface area contributed by atoms with Crippen LogP contribution in [0.2, 0.25) is 0 Å². The Morgan fingerprint density at radius 1 is 1.00 bits per heavy atom. The molecule has 6 aliphatic carbocycles. The molecule has 2 heterocycles. The molecule has 7 aliphatic rings. The van der Waals surface area contributed by atoms with Crippen molar-refractivity contribution in [1.82, 2.24) is 4.90 Å². The van der Waals surface area contributed by atoms with Crippen LogP contribution < -0.4 is 4.74 Å². The number of nitrogens with zero attached hydrogens (tertiary/aromatic N) is 1. The van der Waals surface area contributed by atoms with Gasteiger partial charge in [-0.2, -0.15) is 0 Å². The molecule has 6 nitrogen and oxygen atoms in total. The Hall–Kier alpha value is -3.63. The van der Waals surface area contributed by atoms with E-state index < -0.39 is 40.4 Å². The summed E-state index contributed by atoms with van der Waals surface area (Å²) < 4.78 is 49.7. The van der Waals surface area contributed by atoms with Gasteiger partial charge in [0.2, 0.25) is 0 Å². The van der Waals surface area contributed by atoms with Crippen molar-refractivity contribution < 1.29 is 37.3 Å². The third-order valence-electron chi connectivity index (χ3n) is 14.1. The lowest BCUT2D eigenvalue weighted by molar-refractivity contribution is -0.274. The number of ether oxygens (including phenoxy) is 2. The second kappa shape index (κ2) is 10.5. The predicted octanol–water partition coefficient (Wildman–Crippen LogP) is 9.23. The molecule has 0 unspecified atom stereocenters. The molecule has 3 saturated carbocycles. The molecule has 10 heteroatoms. The number of carbonyl (C=O) groups excluding carboxylic acids is 2. The minimum Gasteiger partial charge on any atom is -0.440 e. The number of aliphatic hydroxyl groups is 1. The number of hydrogen-bond acceptors (Lipinski definition) is 6. The fourth-order valence-corrected chi connectivity index (χ4v) is 12.8. The maximum absolute atomic E-state index is 15.0. The number of halogens is 3. The van der Waals surface area contributed by atoms with Gasteiger partial charge in [-0.25, -0.2) is 4.79 Å². The number of benzene rings is 2. The van der Waals surface area contributed by atoms with Gasteiger partial charge in [0.25, 0.3) is 0 Å². The van der Waals surface area contributed by atoms with Crippen LogP contribution in [0.25, 0.3) is 10.1 Å². The summed E-state index contributed by atoms with van der Waals surface area (Å²) in [4.78, 5) is 30.9. The Labute approximate surface area is 292 Å². The van der Waals surface area contributed by atoms with Gasteiger partial charge in [0.15, 0.2) is 5.78 Å². The third-order valence-corrected chi connectivity index (χ3v) is 15.2. The highest BCUT2D eigenvalue weighted by atomic mass is 32.1. The number of carbonyl (C=O) groups is 2. The third kappa shape index (κ3) is 4.30. The number of rotatable bonds is 5. The minimum absolute atomic E-state index is 0.0445. The number of amides is 1. The highest BCUT2D eigenvalue weighted by Crippen LogP contribution is 2.79. The van der Waals surface area contributed by atoms with Crippen LogP contribution in [0.3, 0.4) is 0 Å². The first-order valence-corrected chi connectivity index (χ1v) is 18.5. The fraction of sp³-hybridized carbons (Fsp3) is 0.500. The molecule has 2 aromatic carbocycles. The molecule has 1 N–H and O–H groups in total. The minimum atomic E-state index is -4.78. The van der Waals surface area contributed by atoms with E-state index in [4.69, 9.17) is 4.74 Å². The Balaban J connectivity index is 1.08. The van der Waals surface area contributed by atoms with Crippen LogP contribution in [0, 0.1) is 33.5 Å². The van der Waals surface area contributed by atoms with Crippen LogP contribution in [0.5, 0.6) is 5.75 Å². The quantitative estimate of drug-likeness (QED) is 0.212. The molecule has 262 valence electrons. The van der Waals surface area contributed by atoms with E-state index in [-0.39, 0.29) is 35.3 Å². The molecule has 50 heavy (non-hydrogen) atoms. The van der Waals surface area contributed by atoms with Gasteiger partial charge in [-0.15, -0.1) is 24.5 Å². The standard InChI is InChI=1S/C40H40F3NO5S/c1-35-14-11-26(45)20-37(35)17-18-39(28(21-37)33(46)30-19-25-5-3-4-6-29(25)50-30)31(35)12-15-36(2)32(39)13-16-38(36)23-44(34(47)49-38)22-24-7-9-27(10-8-24)48-40(41,42)43/h3-10,17-19,21,26,31-32,45H,11-16,20,22-23H2,1-2H3/t26-,31+,32+,35+,36-,37-,38+,39-/m0/s1. The topological polar surface area (TPSA) is 76.1 Å². The number of ketones is 1. The van der Waals surface area contributed by atoms with Gasteiger partial charge in [-0.1, -0.05) is 62.4 Å². The molecule has 4 fully saturated rings. The second-order valence-corrected chi connectivity index (χ2v) is 17.3. The van der Waals surface area contributed by atoms with Gasteiger partial charge in [-0.05, 0) is 97.4 Å². The first-order chi connectivity index (χ1) is 23.7. The second-order valence-electron chi connectivity index (χ2n) is 16.2. The monoisotopic (exact) mass is 703 g/mol. The molecule has 1 saturated heterocycles. The van der Waals surface area contributed by atoms with Crippen molar-refractivity contribution in [2.24, 2.45) is 33.5 Å². The van der Waals surface area contributed by atoms with Crippen LogP contribution in [-0.2, 0) is 11.3 Å². The number of hydrogen-bond donors (Lipinski definition) is 1. The Morgan fingerprint density at radius 3 is 2.48 bits per heavy atom. The van der Waals surface area contributed by atoms with E-state index in [0.29, 0.717) is 24.9 Å². The average Bonchev–Trinajstić information content (AvgIpc) is 3.73. The summed E-state index contributed by atoms with van der Waals surface area (Å²) in [5.74, 6) is -0.000768. The maximum atomic E-state index is 15.0. The van der Waals surface area contributed by atoms with E-state index in [9.17, 15) is 27.9 Å². The van der Waals surface area contributed by atoms with E-state index in [1.165, 1.54) is 23.5 Å². The van der Waals surface area contributed by atoms with Crippen LogP contribution in [-0.4, -0.2) is 46.5 Å². The van der Waals surface area contributed by atoms with Crippen LogP contribution >= 0.6 is 11.3 Å². The molecule has 1 aliphatic heterocycles. The lowest BCUT2D eigenvalue weighted by atomic mass is 9.32. The van der Waals surface area contributed by atoms with Crippen molar-refractivity contribution >= 4 is 33.3 Å². The molecule has 8 atom stereocenters. The van der Waals surface area contributed by atoms with Crippen molar-refractivity contribution in [3.05, 3.63) is 88.8 Å². The zero-order valence-electron chi connectivity index (χ0n) is 28.1. The van der Waals surface area contributed by atoms with E-state index >= 15 is 0 Å². The summed E-state index contributed by atoms with van der Waals surface area (Å²) in [5, 5.41) is 12.1. The van der Waals surface area contributed by atoms with Crippen molar-refractivity contribution in [3.8, 4) is 5.75 Å². The molecule has 0 radical (unpaired) electrons. The molecule has 10 rings (SSSR count). The van der Waals surface area contributed by atoms with Gasteiger partial charge < -0.3 is 14.6 Å². The number of allylic oxidation sites excluding steroid dienone is 4. The Morgan fingerprint density at radius 2 is 1.72 bits per heavy atom. The predicted molar refractivity (Wildman–Crippen MR) is 183 cm³/mol. The molecule has 1 amide bonds. The Bertz CT molecular complexity index is 1950. The fourth-order valence-electron chi connectivity index (χ4n) is 11.7. The van der Waals surface area contributed by atoms with Crippen molar-refractivity contribution in [2.75, 3.05) is 6.54 Å². The SMILES string of the molecule is C[C@]12CC[C@H]3[C@@]4(C=C[C@@]5(C=C4C(=O)c4cc6ccccc6s4)C[C@@H](O)CC[C@]35C)[C@@H]1CC[C@@]21CN(Cc2ccc(OC(F)(F)F)cc2)C(=O)O1. The number of aliphatic hydroxyl groups excluding tert-OH is 1.